The average molecular weight is 334 g/mol. The molecule has 1 aromatic rings. The van der Waals surface area contributed by atoms with Crippen LogP contribution in [0.25, 0.3) is 0 Å². The number of carbonyl (C=O) groups is 4. The first-order chi connectivity index (χ1) is 11.5. The Balaban J connectivity index is 2.48. The van der Waals surface area contributed by atoms with E-state index in [1.54, 1.807) is 19.1 Å². The van der Waals surface area contributed by atoms with E-state index in [2.05, 4.69) is 4.74 Å². The maximum Gasteiger partial charge on any atom is 0.331 e. The zero-order valence-electron chi connectivity index (χ0n) is 13.4. The van der Waals surface area contributed by atoms with Crippen molar-refractivity contribution in [1.82, 2.24) is 0 Å². The molecule has 0 heterocycles. The van der Waals surface area contributed by atoms with Crippen LogP contribution in [0.15, 0.2) is 36.4 Å². The van der Waals surface area contributed by atoms with Crippen molar-refractivity contribution in [2.75, 3.05) is 13.2 Å². The molecule has 1 unspecified atom stereocenters. The van der Waals surface area contributed by atoms with Gasteiger partial charge in [-0.2, -0.15) is 0 Å². The third-order valence-corrected chi connectivity index (χ3v) is 2.78. The first kappa shape index (κ1) is 19.1. The van der Waals surface area contributed by atoms with Crippen LogP contribution in [0.1, 0.15) is 24.2 Å². The Labute approximate surface area is 139 Å². The van der Waals surface area contributed by atoms with E-state index in [0.29, 0.717) is 6.29 Å². The lowest BCUT2D eigenvalue weighted by atomic mass is 10.2. The minimum Gasteiger partial charge on any atom is -0.463 e. The maximum absolute atomic E-state index is 11.9. The molecular weight excluding hydrogens is 316 g/mol. The molecule has 0 saturated carbocycles. The molecule has 7 heteroatoms. The summed E-state index contributed by atoms with van der Waals surface area (Å²) in [4.78, 5) is 45.2. The second kappa shape index (κ2) is 9.94. The minimum absolute atomic E-state index is 0.137. The van der Waals surface area contributed by atoms with E-state index in [4.69, 9.17) is 9.47 Å². The topological polar surface area (TPSA) is 96.0 Å². The van der Waals surface area contributed by atoms with Crippen molar-refractivity contribution in [2.24, 2.45) is 5.92 Å². The standard InChI is InChI=1S/C17H18O7/c1-3-22-15(19)8-9-16(20)23-11-12(2)17(21)24-14-7-5-4-6-13(14)10-18/h4-10,12H,3,11H2,1-2H3/b9-8+. The number of rotatable bonds is 8. The highest BCUT2D eigenvalue weighted by atomic mass is 16.6. The van der Waals surface area contributed by atoms with Crippen molar-refractivity contribution in [3.05, 3.63) is 42.0 Å². The van der Waals surface area contributed by atoms with Crippen molar-refractivity contribution >= 4 is 24.2 Å². The highest BCUT2D eigenvalue weighted by Gasteiger charge is 2.18. The van der Waals surface area contributed by atoms with Crippen molar-refractivity contribution in [1.29, 1.82) is 0 Å². The number of hydrogen-bond acceptors (Lipinski definition) is 7. The molecule has 0 aliphatic heterocycles. The van der Waals surface area contributed by atoms with Crippen LogP contribution < -0.4 is 4.74 Å². The van der Waals surface area contributed by atoms with E-state index < -0.39 is 23.8 Å². The summed E-state index contributed by atoms with van der Waals surface area (Å²) in [6.07, 6.45) is 2.43. The van der Waals surface area contributed by atoms with Gasteiger partial charge in [0.15, 0.2) is 6.29 Å². The number of ether oxygens (including phenoxy) is 3. The molecule has 0 amide bonds. The van der Waals surface area contributed by atoms with Gasteiger partial charge in [0.05, 0.1) is 18.1 Å². The normalized spacial score (nSPS) is 11.6. The second-order valence-corrected chi connectivity index (χ2v) is 4.69. The van der Waals surface area contributed by atoms with Crippen LogP contribution in [0.2, 0.25) is 0 Å². The number of aldehydes is 1. The quantitative estimate of drug-likeness (QED) is 0.309. The largest absolute Gasteiger partial charge is 0.463 e. The molecule has 24 heavy (non-hydrogen) atoms. The number of esters is 3. The van der Waals surface area contributed by atoms with Crippen LogP contribution in [-0.2, 0) is 23.9 Å². The Hall–Kier alpha value is -2.96. The second-order valence-electron chi connectivity index (χ2n) is 4.69. The molecule has 0 aliphatic carbocycles. The number of para-hydroxylation sites is 1. The predicted octanol–water partition coefficient (Wildman–Crippen LogP) is 1.70. The smallest absolute Gasteiger partial charge is 0.331 e. The SMILES string of the molecule is CCOC(=O)/C=C/C(=O)OCC(C)C(=O)Oc1ccccc1C=O. The molecule has 0 N–H and O–H groups in total. The van der Waals surface area contributed by atoms with Gasteiger partial charge in [-0.3, -0.25) is 9.59 Å². The summed E-state index contributed by atoms with van der Waals surface area (Å²) < 4.78 is 14.6. The van der Waals surface area contributed by atoms with E-state index >= 15 is 0 Å². The molecule has 0 bridgehead atoms. The van der Waals surface area contributed by atoms with Crippen LogP contribution in [0.4, 0.5) is 0 Å². The third-order valence-electron chi connectivity index (χ3n) is 2.78. The van der Waals surface area contributed by atoms with Gasteiger partial charge in [-0.1, -0.05) is 12.1 Å². The van der Waals surface area contributed by atoms with Gasteiger partial charge in [-0.05, 0) is 26.0 Å². The fourth-order valence-electron chi connectivity index (χ4n) is 1.53. The Morgan fingerprint density at radius 1 is 1.08 bits per heavy atom. The number of benzene rings is 1. The first-order valence-corrected chi connectivity index (χ1v) is 7.25. The lowest BCUT2D eigenvalue weighted by Crippen LogP contribution is -2.24. The Kier molecular flexibility index (Phi) is 7.90. The van der Waals surface area contributed by atoms with E-state index in [1.807, 2.05) is 0 Å². The molecule has 0 radical (unpaired) electrons. The minimum atomic E-state index is -0.781. The molecule has 0 spiro atoms. The van der Waals surface area contributed by atoms with Gasteiger partial charge in [0, 0.05) is 12.2 Å². The van der Waals surface area contributed by atoms with Crippen molar-refractivity contribution in [3.8, 4) is 5.75 Å². The highest BCUT2D eigenvalue weighted by molar-refractivity contribution is 5.91. The van der Waals surface area contributed by atoms with Crippen molar-refractivity contribution < 1.29 is 33.4 Å². The van der Waals surface area contributed by atoms with Gasteiger partial charge in [-0.25, -0.2) is 9.59 Å². The first-order valence-electron chi connectivity index (χ1n) is 7.25. The maximum atomic E-state index is 11.9. The molecular formula is C17H18O7. The highest BCUT2D eigenvalue weighted by Crippen LogP contribution is 2.17. The van der Waals surface area contributed by atoms with Gasteiger partial charge < -0.3 is 14.2 Å². The molecule has 0 aromatic heterocycles. The van der Waals surface area contributed by atoms with Crippen molar-refractivity contribution in [3.63, 3.8) is 0 Å². The van der Waals surface area contributed by atoms with Crippen LogP contribution in [0.3, 0.4) is 0 Å². The van der Waals surface area contributed by atoms with Gasteiger partial charge in [0.25, 0.3) is 0 Å². The van der Waals surface area contributed by atoms with Gasteiger partial charge in [0.1, 0.15) is 12.4 Å². The summed E-state index contributed by atoms with van der Waals surface area (Å²) >= 11 is 0. The monoisotopic (exact) mass is 334 g/mol. The van der Waals surface area contributed by atoms with Crippen LogP contribution in [-0.4, -0.2) is 37.4 Å². The fraction of sp³-hybridized carbons (Fsp3) is 0.294. The van der Waals surface area contributed by atoms with E-state index in [1.165, 1.54) is 19.1 Å². The zero-order valence-corrected chi connectivity index (χ0v) is 13.4. The summed E-state index contributed by atoms with van der Waals surface area (Å²) in [6.45, 7) is 3.12. The predicted molar refractivity (Wildman–Crippen MR) is 83.4 cm³/mol. The Morgan fingerprint density at radius 2 is 1.71 bits per heavy atom. The molecule has 7 nitrogen and oxygen atoms in total. The van der Waals surface area contributed by atoms with Gasteiger partial charge in [0.2, 0.25) is 0 Å². The van der Waals surface area contributed by atoms with E-state index in [9.17, 15) is 19.2 Å². The van der Waals surface area contributed by atoms with E-state index in [-0.39, 0.29) is 24.5 Å². The zero-order chi connectivity index (χ0) is 17.9. The fourth-order valence-corrected chi connectivity index (χ4v) is 1.53. The summed E-state index contributed by atoms with van der Waals surface area (Å²) in [5.74, 6) is -2.70. The molecule has 1 rings (SSSR count). The molecule has 128 valence electrons. The molecule has 0 fully saturated rings. The van der Waals surface area contributed by atoms with Crippen molar-refractivity contribution in [2.45, 2.75) is 13.8 Å². The van der Waals surface area contributed by atoms with Crippen LogP contribution in [0, 0.1) is 5.92 Å². The third kappa shape index (κ3) is 6.43. The Bertz CT molecular complexity index is 634. The van der Waals surface area contributed by atoms with E-state index in [0.717, 1.165) is 12.2 Å². The number of hydrogen-bond donors (Lipinski definition) is 0. The van der Waals surface area contributed by atoms with Crippen LogP contribution in [0.5, 0.6) is 5.75 Å². The Morgan fingerprint density at radius 3 is 2.33 bits per heavy atom. The van der Waals surface area contributed by atoms with Gasteiger partial charge >= 0.3 is 17.9 Å². The molecule has 1 aromatic carbocycles. The summed E-state index contributed by atoms with van der Waals surface area (Å²) in [6, 6.07) is 6.27. The lowest BCUT2D eigenvalue weighted by Gasteiger charge is -2.12. The molecule has 0 saturated heterocycles. The van der Waals surface area contributed by atoms with Crippen LogP contribution >= 0.6 is 0 Å². The number of carbonyl (C=O) groups excluding carboxylic acids is 4. The molecule has 1 atom stereocenters. The summed E-state index contributed by atoms with van der Waals surface area (Å²) in [7, 11) is 0. The molecule has 0 aliphatic rings. The summed E-state index contributed by atoms with van der Waals surface area (Å²) in [5.41, 5.74) is 0.243. The summed E-state index contributed by atoms with van der Waals surface area (Å²) in [5, 5.41) is 0. The lowest BCUT2D eigenvalue weighted by molar-refractivity contribution is -0.146. The van der Waals surface area contributed by atoms with Gasteiger partial charge in [-0.15, -0.1) is 0 Å². The average Bonchev–Trinajstić information content (AvgIpc) is 2.58.